The number of Topliss-reactive ketones (excluding diaryl/α,β-unsaturated/α-hetero) is 1. The molecule has 0 amide bonds. The first kappa shape index (κ1) is 27.3. The number of carbonyl (C=O) groups excluding carboxylic acids is 3. The molecule has 1 saturated heterocycles. The molecule has 12 heteroatoms. The van der Waals surface area contributed by atoms with Gasteiger partial charge in [0.05, 0.1) is 29.4 Å². The minimum Gasteiger partial charge on any atom is -0.507 e. The van der Waals surface area contributed by atoms with Crippen LogP contribution in [0.1, 0.15) is 68.8 Å². The molecule has 3 aliphatic rings. The molecule has 0 unspecified atom stereocenters. The molecule has 0 radical (unpaired) electrons. The van der Waals surface area contributed by atoms with Crippen LogP contribution >= 0.6 is 0 Å². The van der Waals surface area contributed by atoms with Crippen molar-refractivity contribution in [1.29, 1.82) is 0 Å². The Balaban J connectivity index is 1.62. The number of rotatable bonds is 6. The number of fused-ring (bicyclic) bond motifs is 3. The number of ketones is 3. The van der Waals surface area contributed by atoms with Crippen LogP contribution in [0, 0.1) is 0 Å². The van der Waals surface area contributed by atoms with Crippen LogP contribution in [-0.2, 0) is 25.4 Å². The zero-order valence-electron chi connectivity index (χ0n) is 21.0. The number of phenolic OH excluding ortho intramolecular Hbond substituents is 2. The normalized spacial score (nSPS) is 29.9. The van der Waals surface area contributed by atoms with Crippen molar-refractivity contribution in [3.8, 4) is 11.5 Å². The summed E-state index contributed by atoms with van der Waals surface area (Å²) in [5.74, 6) is -5.46. The standard InChI is InChI=1S/C27H29NO11/c1-11-22(31)16(28)6-18(38-11)39-17-8-27(36,37-10-12(30)9-29)7-15-19(17)26(35)21-20(25(15)34)23(32)13-4-2-3-5-14(13)24(21)33/h2-5,11,16-18,22,29,31,34-36H,6-10,28H2,1H3/t11-,16-,17-,18-,22+,27-/m0/s1. The maximum absolute atomic E-state index is 13.4. The number of benzene rings is 2. The van der Waals surface area contributed by atoms with Gasteiger partial charge in [0.2, 0.25) is 0 Å². The van der Waals surface area contributed by atoms with Gasteiger partial charge in [0.15, 0.2) is 29.4 Å². The Morgan fingerprint density at radius 1 is 1.13 bits per heavy atom. The molecule has 39 heavy (non-hydrogen) atoms. The minimum absolute atomic E-state index is 0.0438. The number of nitrogens with two attached hydrogens (primary N) is 1. The molecule has 208 valence electrons. The van der Waals surface area contributed by atoms with Crippen LogP contribution in [-0.4, -0.2) is 86.4 Å². The topological polar surface area (TPSA) is 206 Å². The molecule has 0 aromatic heterocycles. The molecule has 0 spiro atoms. The van der Waals surface area contributed by atoms with Crippen molar-refractivity contribution >= 4 is 17.3 Å². The van der Waals surface area contributed by atoms with Gasteiger partial charge >= 0.3 is 0 Å². The van der Waals surface area contributed by atoms with Crippen molar-refractivity contribution in [2.24, 2.45) is 5.73 Å². The third-order valence-electron chi connectivity index (χ3n) is 7.48. The summed E-state index contributed by atoms with van der Waals surface area (Å²) in [6.45, 7) is 0.109. The predicted molar refractivity (Wildman–Crippen MR) is 131 cm³/mol. The van der Waals surface area contributed by atoms with Gasteiger partial charge in [0.1, 0.15) is 24.7 Å². The molecular weight excluding hydrogens is 514 g/mol. The Labute approximate surface area is 222 Å². The lowest BCUT2D eigenvalue weighted by Gasteiger charge is -2.42. The van der Waals surface area contributed by atoms with Crippen LogP contribution in [0.5, 0.6) is 11.5 Å². The Morgan fingerprint density at radius 2 is 1.74 bits per heavy atom. The van der Waals surface area contributed by atoms with E-state index in [2.05, 4.69) is 0 Å². The second-order valence-electron chi connectivity index (χ2n) is 10.1. The van der Waals surface area contributed by atoms with E-state index in [1.165, 1.54) is 12.1 Å². The van der Waals surface area contributed by atoms with Crippen molar-refractivity contribution in [3.05, 3.63) is 57.6 Å². The molecule has 2 aromatic carbocycles. The van der Waals surface area contributed by atoms with Gasteiger partial charge in [-0.25, -0.2) is 0 Å². The van der Waals surface area contributed by atoms with E-state index in [4.69, 9.17) is 25.1 Å². The molecule has 0 saturated carbocycles. The highest BCUT2D eigenvalue weighted by atomic mass is 16.7. The number of hydrogen-bond acceptors (Lipinski definition) is 12. The van der Waals surface area contributed by atoms with Gasteiger partial charge in [-0.3, -0.25) is 14.4 Å². The van der Waals surface area contributed by atoms with Crippen LogP contribution in [0.4, 0.5) is 0 Å². The van der Waals surface area contributed by atoms with Gasteiger partial charge in [-0.05, 0) is 6.92 Å². The quantitative estimate of drug-likeness (QED) is 0.179. The van der Waals surface area contributed by atoms with Gasteiger partial charge in [0.25, 0.3) is 0 Å². The van der Waals surface area contributed by atoms with Crippen LogP contribution in [0.15, 0.2) is 24.3 Å². The average Bonchev–Trinajstić information content (AvgIpc) is 2.90. The van der Waals surface area contributed by atoms with Crippen LogP contribution in [0.25, 0.3) is 0 Å². The second kappa shape index (κ2) is 10.1. The fraction of sp³-hybridized carbons (Fsp3) is 0.444. The molecule has 12 nitrogen and oxygen atoms in total. The summed E-state index contributed by atoms with van der Waals surface area (Å²) in [5, 5.41) is 53.3. The summed E-state index contributed by atoms with van der Waals surface area (Å²) in [4.78, 5) is 38.5. The maximum atomic E-state index is 13.4. The van der Waals surface area contributed by atoms with E-state index >= 15 is 0 Å². The van der Waals surface area contributed by atoms with Crippen molar-refractivity contribution in [2.45, 2.75) is 62.6 Å². The van der Waals surface area contributed by atoms with Crippen LogP contribution in [0.2, 0.25) is 0 Å². The molecule has 0 bridgehead atoms. The smallest absolute Gasteiger partial charge is 0.198 e. The molecule has 6 atom stereocenters. The summed E-state index contributed by atoms with van der Waals surface area (Å²) >= 11 is 0. The Bertz CT molecular complexity index is 1350. The highest BCUT2D eigenvalue weighted by Gasteiger charge is 2.48. The van der Waals surface area contributed by atoms with Crippen molar-refractivity contribution < 1.29 is 54.1 Å². The van der Waals surface area contributed by atoms with E-state index in [-0.39, 0.29) is 35.1 Å². The first-order valence-electron chi connectivity index (χ1n) is 12.5. The lowest BCUT2D eigenvalue weighted by Crippen LogP contribution is -2.52. The number of phenols is 2. The van der Waals surface area contributed by atoms with Gasteiger partial charge in [-0.2, -0.15) is 0 Å². The third-order valence-corrected chi connectivity index (χ3v) is 7.48. The van der Waals surface area contributed by atoms with E-state index in [1.807, 2.05) is 0 Å². The third kappa shape index (κ3) is 4.63. The monoisotopic (exact) mass is 543 g/mol. The summed E-state index contributed by atoms with van der Waals surface area (Å²) in [6.07, 6.45) is -4.76. The summed E-state index contributed by atoms with van der Waals surface area (Å²) < 4.78 is 17.2. The number of carbonyl (C=O) groups is 3. The zero-order chi connectivity index (χ0) is 28.2. The molecular formula is C27H29NO11. The number of aromatic hydroxyl groups is 2. The largest absolute Gasteiger partial charge is 0.507 e. The molecule has 1 heterocycles. The highest BCUT2D eigenvalue weighted by molar-refractivity contribution is 6.30. The zero-order valence-corrected chi connectivity index (χ0v) is 21.0. The summed E-state index contributed by atoms with van der Waals surface area (Å²) in [6, 6.07) is 5.30. The highest BCUT2D eigenvalue weighted by Crippen LogP contribution is 2.52. The lowest BCUT2D eigenvalue weighted by atomic mass is 9.75. The molecule has 5 rings (SSSR count). The van der Waals surface area contributed by atoms with Gasteiger partial charge < -0.3 is 45.5 Å². The molecule has 2 aromatic rings. The molecule has 1 fully saturated rings. The average molecular weight is 544 g/mol. The SMILES string of the molecule is C[C@@H]1O[C@@H](O[C@H]2C[C@@](O)(OCC(=O)CO)Cc3c(O)c4c(c(O)c32)C(=O)c2ccccc2C4=O)C[C@H](N)[C@@H]1O. The van der Waals surface area contributed by atoms with Crippen molar-refractivity contribution in [3.63, 3.8) is 0 Å². The summed E-state index contributed by atoms with van der Waals surface area (Å²) in [5.41, 5.74) is 5.14. The van der Waals surface area contributed by atoms with Crippen molar-refractivity contribution in [1.82, 2.24) is 0 Å². The van der Waals surface area contributed by atoms with E-state index in [0.717, 1.165) is 0 Å². The first-order valence-corrected chi connectivity index (χ1v) is 12.5. The number of aliphatic hydroxyl groups is 3. The molecule has 2 aliphatic carbocycles. The summed E-state index contributed by atoms with van der Waals surface area (Å²) in [7, 11) is 0. The van der Waals surface area contributed by atoms with Crippen LogP contribution < -0.4 is 5.73 Å². The van der Waals surface area contributed by atoms with Crippen molar-refractivity contribution in [2.75, 3.05) is 13.2 Å². The van der Waals surface area contributed by atoms with Gasteiger partial charge in [-0.15, -0.1) is 0 Å². The Kier molecular flexibility index (Phi) is 7.06. The van der Waals surface area contributed by atoms with Gasteiger partial charge in [0, 0.05) is 47.6 Å². The van der Waals surface area contributed by atoms with Gasteiger partial charge in [-0.1, -0.05) is 24.3 Å². The molecule has 1 aliphatic heterocycles. The number of aliphatic hydroxyl groups excluding tert-OH is 2. The van der Waals surface area contributed by atoms with E-state index < -0.39 is 96.0 Å². The molecule has 7 N–H and O–H groups in total. The van der Waals surface area contributed by atoms with E-state index in [9.17, 15) is 34.8 Å². The number of hydrogen-bond donors (Lipinski definition) is 6. The lowest BCUT2D eigenvalue weighted by molar-refractivity contribution is -0.271. The fourth-order valence-electron chi connectivity index (χ4n) is 5.49. The fourth-order valence-corrected chi connectivity index (χ4v) is 5.49. The number of ether oxygens (including phenoxy) is 3. The van der Waals surface area contributed by atoms with Crippen LogP contribution in [0.3, 0.4) is 0 Å². The van der Waals surface area contributed by atoms with E-state index in [0.29, 0.717) is 0 Å². The van der Waals surface area contributed by atoms with E-state index in [1.54, 1.807) is 19.1 Å². The maximum Gasteiger partial charge on any atom is 0.198 e. The second-order valence-corrected chi connectivity index (χ2v) is 10.1. The first-order chi connectivity index (χ1) is 18.5. The minimum atomic E-state index is -2.14. The predicted octanol–water partition coefficient (Wildman–Crippen LogP) is -0.0332. The Morgan fingerprint density at radius 3 is 2.33 bits per heavy atom. The Hall–Kier alpha value is -3.23.